The van der Waals surface area contributed by atoms with Gasteiger partial charge in [0.25, 0.3) is 0 Å². The van der Waals surface area contributed by atoms with Crippen molar-refractivity contribution in [2.45, 2.75) is 77.9 Å². The Labute approximate surface area is 237 Å². The summed E-state index contributed by atoms with van der Waals surface area (Å²) in [6.45, 7) is 11.6. The molecule has 1 fully saturated rings. The quantitative estimate of drug-likeness (QED) is 0.265. The average molecular weight is 556 g/mol. The number of H-pyrrole nitrogens is 1. The van der Waals surface area contributed by atoms with Crippen LogP contribution in [0.15, 0.2) is 36.8 Å². The third-order valence-electron chi connectivity index (χ3n) is 6.72. The van der Waals surface area contributed by atoms with Crippen LogP contribution in [0.4, 0.5) is 4.79 Å². The lowest BCUT2D eigenvalue weighted by Gasteiger charge is -2.36. The summed E-state index contributed by atoms with van der Waals surface area (Å²) in [7, 11) is 0. The molecule has 0 radical (unpaired) electrons. The maximum absolute atomic E-state index is 13.3. The van der Waals surface area contributed by atoms with Crippen molar-refractivity contribution in [2.24, 2.45) is 0 Å². The highest BCUT2D eigenvalue weighted by atomic mass is 16.6. The Bertz CT molecular complexity index is 1060. The van der Waals surface area contributed by atoms with Crippen molar-refractivity contribution in [3.63, 3.8) is 0 Å². The van der Waals surface area contributed by atoms with Gasteiger partial charge in [0.05, 0.1) is 12.9 Å². The molecule has 0 unspecified atom stereocenters. The Balaban J connectivity index is 1.40. The molecule has 1 aliphatic heterocycles. The minimum Gasteiger partial charge on any atom is -0.494 e. The van der Waals surface area contributed by atoms with Gasteiger partial charge >= 0.3 is 6.09 Å². The van der Waals surface area contributed by atoms with E-state index in [9.17, 15) is 14.4 Å². The maximum atomic E-state index is 13.3. The van der Waals surface area contributed by atoms with Crippen molar-refractivity contribution in [3.05, 3.63) is 48.0 Å². The Morgan fingerprint density at radius 3 is 2.40 bits per heavy atom. The SMILES string of the molecule is CCCCCC(=O)c1ccc(OCCCN2CCN(C(=O)[C@H](Cc3cnc[nH]3)NC(=O)OC(C)(C)C)CC2)cc1. The van der Waals surface area contributed by atoms with Gasteiger partial charge in [0.15, 0.2) is 5.78 Å². The number of nitrogens with one attached hydrogen (secondary N) is 2. The van der Waals surface area contributed by atoms with Crippen LogP contribution in [-0.2, 0) is 16.0 Å². The number of ether oxygens (including phenoxy) is 2. The number of rotatable bonds is 14. The second-order valence-electron chi connectivity index (χ2n) is 11.3. The highest BCUT2D eigenvalue weighted by Crippen LogP contribution is 2.16. The van der Waals surface area contributed by atoms with Gasteiger partial charge in [-0.2, -0.15) is 0 Å². The van der Waals surface area contributed by atoms with Crippen LogP contribution in [0.25, 0.3) is 0 Å². The Morgan fingerprint density at radius 1 is 1.05 bits per heavy atom. The molecule has 40 heavy (non-hydrogen) atoms. The summed E-state index contributed by atoms with van der Waals surface area (Å²) in [6, 6.07) is 6.67. The summed E-state index contributed by atoms with van der Waals surface area (Å²) in [5, 5.41) is 2.75. The molecule has 2 amide bonds. The minimum absolute atomic E-state index is 0.129. The first-order chi connectivity index (χ1) is 19.1. The molecule has 10 heteroatoms. The van der Waals surface area contributed by atoms with Crippen molar-refractivity contribution < 1.29 is 23.9 Å². The number of alkyl carbamates (subject to hydrolysis) is 1. The standard InChI is InChI=1S/C30H45N5O5/c1-5-6-7-9-27(36)23-10-12-25(13-11-23)39-19-8-14-34-15-17-35(18-16-34)28(37)26(20-24-21-31-22-32-24)33-29(38)40-30(2,3)4/h10-13,21-22,26H,5-9,14-20H2,1-4H3,(H,31,32)(H,33,38)/t26-/m0/s1. The van der Waals surface area contributed by atoms with E-state index in [2.05, 4.69) is 27.1 Å². The Kier molecular flexibility index (Phi) is 12.0. The summed E-state index contributed by atoms with van der Waals surface area (Å²) in [6.07, 6.45) is 7.47. The van der Waals surface area contributed by atoms with Crippen LogP contribution in [0.1, 0.15) is 75.9 Å². The maximum Gasteiger partial charge on any atom is 0.408 e. The third kappa shape index (κ3) is 10.6. The molecule has 1 atom stereocenters. The van der Waals surface area contributed by atoms with Crippen molar-refractivity contribution in [1.29, 1.82) is 0 Å². The number of amides is 2. The molecular weight excluding hydrogens is 510 g/mol. The van der Waals surface area contributed by atoms with E-state index < -0.39 is 17.7 Å². The number of benzene rings is 1. The first-order valence-electron chi connectivity index (χ1n) is 14.4. The molecule has 220 valence electrons. The molecule has 10 nitrogen and oxygen atoms in total. The number of aromatic nitrogens is 2. The van der Waals surface area contributed by atoms with Crippen LogP contribution < -0.4 is 10.1 Å². The molecule has 0 saturated carbocycles. The van der Waals surface area contributed by atoms with E-state index in [0.29, 0.717) is 32.5 Å². The van der Waals surface area contributed by atoms with Gasteiger partial charge in [0.2, 0.25) is 5.91 Å². The number of imidazole rings is 1. The van der Waals surface area contributed by atoms with Crippen LogP contribution in [0.3, 0.4) is 0 Å². The third-order valence-corrected chi connectivity index (χ3v) is 6.72. The molecule has 0 spiro atoms. The monoisotopic (exact) mass is 555 g/mol. The molecule has 2 N–H and O–H groups in total. The van der Waals surface area contributed by atoms with Gasteiger partial charge in [-0.15, -0.1) is 0 Å². The number of carbonyl (C=O) groups is 3. The predicted molar refractivity (Wildman–Crippen MR) is 153 cm³/mol. The van der Waals surface area contributed by atoms with Crippen LogP contribution in [-0.4, -0.2) is 88.5 Å². The predicted octanol–water partition coefficient (Wildman–Crippen LogP) is 4.22. The zero-order valence-electron chi connectivity index (χ0n) is 24.4. The Hall–Kier alpha value is -3.40. The van der Waals surface area contributed by atoms with Gasteiger partial charge in [0, 0.05) is 63.0 Å². The average Bonchev–Trinajstić information content (AvgIpc) is 3.43. The number of piperazine rings is 1. The zero-order chi connectivity index (χ0) is 29.0. The molecule has 2 heterocycles. The fraction of sp³-hybridized carbons (Fsp3) is 0.600. The lowest BCUT2D eigenvalue weighted by molar-refractivity contribution is -0.135. The second-order valence-corrected chi connectivity index (χ2v) is 11.3. The number of nitrogens with zero attached hydrogens (tertiary/aromatic N) is 3. The van der Waals surface area contributed by atoms with Crippen molar-refractivity contribution >= 4 is 17.8 Å². The number of aromatic amines is 1. The van der Waals surface area contributed by atoms with E-state index in [4.69, 9.17) is 9.47 Å². The lowest BCUT2D eigenvalue weighted by atomic mass is 10.0. The highest BCUT2D eigenvalue weighted by Gasteiger charge is 2.30. The molecule has 1 saturated heterocycles. The van der Waals surface area contributed by atoms with Crippen molar-refractivity contribution in [3.8, 4) is 5.75 Å². The van der Waals surface area contributed by atoms with Crippen LogP contribution in [0, 0.1) is 0 Å². The molecule has 3 rings (SSSR count). The molecule has 1 aromatic carbocycles. The fourth-order valence-corrected chi connectivity index (χ4v) is 4.57. The van der Waals surface area contributed by atoms with E-state index >= 15 is 0 Å². The summed E-state index contributed by atoms with van der Waals surface area (Å²) in [4.78, 5) is 49.1. The summed E-state index contributed by atoms with van der Waals surface area (Å²) in [5.74, 6) is 0.822. The molecule has 1 aliphatic rings. The summed E-state index contributed by atoms with van der Waals surface area (Å²) < 4.78 is 11.3. The number of Topliss-reactive ketones (excluding diaryl/α,β-unsaturated/α-hetero) is 1. The molecule has 2 aromatic rings. The number of carbonyl (C=O) groups excluding carboxylic acids is 3. The van der Waals surface area contributed by atoms with Gasteiger partial charge in [-0.1, -0.05) is 19.8 Å². The largest absolute Gasteiger partial charge is 0.494 e. The van der Waals surface area contributed by atoms with E-state index in [1.54, 1.807) is 38.2 Å². The molecule has 1 aromatic heterocycles. The number of unbranched alkanes of at least 4 members (excludes halogenated alkanes) is 2. The van der Waals surface area contributed by atoms with E-state index in [1.807, 2.05) is 24.3 Å². The number of hydrogen-bond acceptors (Lipinski definition) is 7. The van der Waals surface area contributed by atoms with Gasteiger partial charge in [-0.3, -0.25) is 14.5 Å². The van der Waals surface area contributed by atoms with Crippen molar-refractivity contribution in [1.82, 2.24) is 25.1 Å². The number of hydrogen-bond donors (Lipinski definition) is 2. The van der Waals surface area contributed by atoms with Crippen LogP contribution >= 0.6 is 0 Å². The Morgan fingerprint density at radius 2 is 1.77 bits per heavy atom. The van der Waals surface area contributed by atoms with Gasteiger partial charge < -0.3 is 24.7 Å². The van der Waals surface area contributed by atoms with E-state index in [0.717, 1.165) is 62.3 Å². The van der Waals surface area contributed by atoms with Crippen LogP contribution in [0.5, 0.6) is 5.75 Å². The normalized spacial score (nSPS) is 14.9. The van der Waals surface area contributed by atoms with Crippen molar-refractivity contribution in [2.75, 3.05) is 39.3 Å². The second kappa shape index (κ2) is 15.4. The van der Waals surface area contributed by atoms with E-state index in [-0.39, 0.29) is 11.7 Å². The number of ketones is 1. The van der Waals surface area contributed by atoms with Crippen LogP contribution in [0.2, 0.25) is 0 Å². The van der Waals surface area contributed by atoms with Gasteiger partial charge in [0.1, 0.15) is 17.4 Å². The summed E-state index contributed by atoms with van der Waals surface area (Å²) in [5.41, 5.74) is 0.849. The molecule has 0 bridgehead atoms. The fourth-order valence-electron chi connectivity index (χ4n) is 4.57. The topological polar surface area (TPSA) is 117 Å². The summed E-state index contributed by atoms with van der Waals surface area (Å²) >= 11 is 0. The minimum atomic E-state index is -0.742. The lowest BCUT2D eigenvalue weighted by Crippen LogP contribution is -2.56. The van der Waals surface area contributed by atoms with Gasteiger partial charge in [-0.25, -0.2) is 9.78 Å². The first-order valence-corrected chi connectivity index (χ1v) is 14.4. The first kappa shape index (κ1) is 31.1. The highest BCUT2D eigenvalue weighted by molar-refractivity contribution is 5.96. The smallest absolute Gasteiger partial charge is 0.408 e. The zero-order valence-corrected chi connectivity index (χ0v) is 24.4. The van der Waals surface area contributed by atoms with E-state index in [1.165, 1.54) is 0 Å². The molecular formula is C30H45N5O5. The molecule has 0 aliphatic carbocycles. The van der Waals surface area contributed by atoms with Gasteiger partial charge in [-0.05, 0) is 57.9 Å².